The fourth-order valence-electron chi connectivity index (χ4n) is 3.09. The number of rotatable bonds is 7. The Labute approximate surface area is 167 Å². The summed E-state index contributed by atoms with van der Waals surface area (Å²) in [5.74, 6) is 6.13. The maximum atomic E-state index is 13.9. The standard InChI is InChI=1S/C20H22FN7O/c1-28-11-25-18(16-8-13(6-7-24-16)20(22)26-27-23)19(28)15-5-4-14(21)9-17(15)29-10-12-2-3-12/h4-9,11-12,27H,2-3,10,23H2,1H3,(H2,22,26). The Kier molecular flexibility index (Phi) is 5.13. The first-order chi connectivity index (χ1) is 14.1. The van der Waals surface area contributed by atoms with Crippen molar-refractivity contribution in [1.29, 1.82) is 0 Å². The maximum absolute atomic E-state index is 13.9. The van der Waals surface area contributed by atoms with E-state index in [1.165, 1.54) is 12.1 Å². The molecule has 5 N–H and O–H groups in total. The van der Waals surface area contributed by atoms with Gasteiger partial charge in [-0.05, 0) is 43.0 Å². The summed E-state index contributed by atoms with van der Waals surface area (Å²) < 4.78 is 21.7. The fourth-order valence-corrected chi connectivity index (χ4v) is 3.09. The Morgan fingerprint density at radius 3 is 2.90 bits per heavy atom. The van der Waals surface area contributed by atoms with E-state index in [1.54, 1.807) is 30.7 Å². The van der Waals surface area contributed by atoms with Gasteiger partial charge in [0.05, 0.1) is 24.3 Å². The number of aryl methyl sites for hydroxylation is 1. The first-order valence-corrected chi connectivity index (χ1v) is 9.26. The molecule has 8 nitrogen and oxygen atoms in total. The number of amidine groups is 1. The van der Waals surface area contributed by atoms with Gasteiger partial charge in [-0.3, -0.25) is 4.98 Å². The van der Waals surface area contributed by atoms with Crippen LogP contribution in [0.3, 0.4) is 0 Å². The third kappa shape index (κ3) is 4.04. The number of pyridine rings is 1. The first kappa shape index (κ1) is 18.9. The number of halogens is 1. The molecule has 2 heterocycles. The van der Waals surface area contributed by atoms with Gasteiger partial charge >= 0.3 is 0 Å². The van der Waals surface area contributed by atoms with Gasteiger partial charge in [-0.25, -0.2) is 20.8 Å². The van der Waals surface area contributed by atoms with Gasteiger partial charge in [-0.1, -0.05) is 0 Å². The van der Waals surface area contributed by atoms with Crippen LogP contribution in [0.1, 0.15) is 18.4 Å². The molecule has 4 rings (SSSR count). The van der Waals surface area contributed by atoms with Gasteiger partial charge in [0, 0.05) is 30.4 Å². The van der Waals surface area contributed by atoms with E-state index in [0.717, 1.165) is 24.1 Å². The van der Waals surface area contributed by atoms with Crippen molar-refractivity contribution >= 4 is 5.84 Å². The molecule has 0 spiro atoms. The van der Waals surface area contributed by atoms with E-state index in [0.29, 0.717) is 35.2 Å². The van der Waals surface area contributed by atoms with Crippen LogP contribution in [0.2, 0.25) is 0 Å². The summed E-state index contributed by atoms with van der Waals surface area (Å²) in [6.45, 7) is 0.580. The molecule has 0 bridgehead atoms. The van der Waals surface area contributed by atoms with Crippen molar-refractivity contribution in [3.05, 3.63) is 54.2 Å². The number of aromatic nitrogens is 3. The average molecular weight is 395 g/mol. The lowest BCUT2D eigenvalue weighted by molar-refractivity contribution is 0.299. The highest BCUT2D eigenvalue weighted by Crippen LogP contribution is 2.38. The molecule has 1 aromatic carbocycles. The Morgan fingerprint density at radius 2 is 2.14 bits per heavy atom. The number of nitrogens with two attached hydrogens (primary N) is 2. The van der Waals surface area contributed by atoms with Gasteiger partial charge in [-0.2, -0.15) is 0 Å². The highest BCUT2D eigenvalue weighted by Gasteiger charge is 2.24. The summed E-state index contributed by atoms with van der Waals surface area (Å²) in [5.41, 5.74) is 11.5. The Hall–Kier alpha value is -3.46. The second kappa shape index (κ2) is 7.88. The van der Waals surface area contributed by atoms with Crippen LogP contribution in [-0.4, -0.2) is 27.0 Å². The van der Waals surface area contributed by atoms with E-state index in [9.17, 15) is 4.39 Å². The molecule has 1 aliphatic carbocycles. The molecule has 0 radical (unpaired) electrons. The van der Waals surface area contributed by atoms with Crippen molar-refractivity contribution < 1.29 is 9.13 Å². The highest BCUT2D eigenvalue weighted by molar-refractivity contribution is 5.98. The van der Waals surface area contributed by atoms with Crippen molar-refractivity contribution in [2.45, 2.75) is 12.8 Å². The second-order valence-electron chi connectivity index (χ2n) is 7.00. The second-order valence-corrected chi connectivity index (χ2v) is 7.00. The predicted molar refractivity (Wildman–Crippen MR) is 108 cm³/mol. The van der Waals surface area contributed by atoms with Crippen LogP contribution < -0.4 is 21.8 Å². The van der Waals surface area contributed by atoms with Gasteiger partial charge in [0.2, 0.25) is 0 Å². The Morgan fingerprint density at radius 1 is 1.31 bits per heavy atom. The van der Waals surface area contributed by atoms with Crippen LogP contribution in [0.5, 0.6) is 5.75 Å². The topological polar surface area (TPSA) is 116 Å². The number of imidazole rings is 1. The molecule has 0 amide bonds. The lowest BCUT2D eigenvalue weighted by Gasteiger charge is -2.14. The van der Waals surface area contributed by atoms with Crippen LogP contribution in [0.25, 0.3) is 22.6 Å². The fraction of sp³-hybridized carbons (Fsp3) is 0.250. The molecule has 0 aliphatic heterocycles. The molecule has 0 atom stereocenters. The SMILES string of the molecule is Cn1cnc(-c2cc(/C(N)=N/NN)ccn2)c1-c1ccc(F)cc1OCC1CC1. The smallest absolute Gasteiger partial charge is 0.152 e. The van der Waals surface area contributed by atoms with Gasteiger partial charge in [0.15, 0.2) is 5.84 Å². The van der Waals surface area contributed by atoms with Crippen LogP contribution in [0, 0.1) is 11.7 Å². The number of hydrazone groups is 1. The van der Waals surface area contributed by atoms with Crippen LogP contribution in [0.4, 0.5) is 4.39 Å². The molecule has 9 heteroatoms. The number of hydrazine groups is 1. The van der Waals surface area contributed by atoms with Crippen molar-refractivity contribution in [2.75, 3.05) is 6.61 Å². The zero-order valence-electron chi connectivity index (χ0n) is 16.0. The zero-order chi connectivity index (χ0) is 20.4. The minimum absolute atomic E-state index is 0.226. The molecule has 1 saturated carbocycles. The van der Waals surface area contributed by atoms with Crippen molar-refractivity contribution in [3.63, 3.8) is 0 Å². The molecule has 1 fully saturated rings. The number of benzene rings is 1. The number of hydrogen-bond donors (Lipinski definition) is 3. The molecule has 3 aromatic rings. The summed E-state index contributed by atoms with van der Waals surface area (Å²) in [5, 5.41) is 3.79. The van der Waals surface area contributed by atoms with E-state index in [-0.39, 0.29) is 11.7 Å². The molecular formula is C20H22FN7O. The minimum Gasteiger partial charge on any atom is -0.492 e. The quantitative estimate of drug-likeness (QED) is 0.244. The first-order valence-electron chi connectivity index (χ1n) is 9.26. The Balaban J connectivity index is 1.77. The zero-order valence-corrected chi connectivity index (χ0v) is 16.0. The highest BCUT2D eigenvalue weighted by atomic mass is 19.1. The number of ether oxygens (including phenoxy) is 1. The third-order valence-electron chi connectivity index (χ3n) is 4.79. The van der Waals surface area contributed by atoms with E-state index < -0.39 is 0 Å². The summed E-state index contributed by atoms with van der Waals surface area (Å²) in [6, 6.07) is 8.03. The van der Waals surface area contributed by atoms with Gasteiger partial charge in [0.25, 0.3) is 0 Å². The van der Waals surface area contributed by atoms with Crippen LogP contribution in [-0.2, 0) is 7.05 Å². The number of nitrogens with one attached hydrogen (secondary N) is 1. The average Bonchev–Trinajstić information content (AvgIpc) is 3.48. The molecule has 0 saturated heterocycles. The molecule has 0 unspecified atom stereocenters. The maximum Gasteiger partial charge on any atom is 0.152 e. The summed E-state index contributed by atoms with van der Waals surface area (Å²) in [4.78, 5) is 8.94. The summed E-state index contributed by atoms with van der Waals surface area (Å²) in [6.07, 6.45) is 5.61. The van der Waals surface area contributed by atoms with E-state index in [4.69, 9.17) is 16.3 Å². The van der Waals surface area contributed by atoms with Gasteiger partial charge in [-0.15, -0.1) is 5.10 Å². The van der Waals surface area contributed by atoms with E-state index >= 15 is 0 Å². The number of hydrogen-bond acceptors (Lipinski definition) is 6. The predicted octanol–water partition coefficient (Wildman–Crippen LogP) is 2.16. The summed E-state index contributed by atoms with van der Waals surface area (Å²) >= 11 is 0. The van der Waals surface area contributed by atoms with E-state index in [1.807, 2.05) is 11.6 Å². The lowest BCUT2D eigenvalue weighted by atomic mass is 10.1. The number of nitrogens with zero attached hydrogens (tertiary/aromatic N) is 4. The molecule has 1 aliphatic rings. The molecular weight excluding hydrogens is 373 g/mol. The van der Waals surface area contributed by atoms with Crippen molar-refractivity contribution in [3.8, 4) is 28.4 Å². The Bertz CT molecular complexity index is 1060. The van der Waals surface area contributed by atoms with Crippen molar-refractivity contribution in [1.82, 2.24) is 20.1 Å². The van der Waals surface area contributed by atoms with Gasteiger partial charge < -0.3 is 15.0 Å². The minimum atomic E-state index is -0.346. The molecule has 150 valence electrons. The van der Waals surface area contributed by atoms with E-state index in [2.05, 4.69) is 20.6 Å². The lowest BCUT2D eigenvalue weighted by Crippen LogP contribution is -2.23. The monoisotopic (exact) mass is 395 g/mol. The molecule has 29 heavy (non-hydrogen) atoms. The van der Waals surface area contributed by atoms with Gasteiger partial charge in [0.1, 0.15) is 17.3 Å². The van der Waals surface area contributed by atoms with Crippen LogP contribution in [0.15, 0.2) is 48.0 Å². The molecule has 2 aromatic heterocycles. The van der Waals surface area contributed by atoms with Crippen molar-refractivity contribution in [2.24, 2.45) is 29.6 Å². The largest absolute Gasteiger partial charge is 0.492 e. The van der Waals surface area contributed by atoms with Crippen LogP contribution >= 0.6 is 0 Å². The third-order valence-corrected chi connectivity index (χ3v) is 4.79. The summed E-state index contributed by atoms with van der Waals surface area (Å²) in [7, 11) is 1.87. The normalized spacial score (nSPS) is 14.1.